The molecule has 0 amide bonds. The summed E-state index contributed by atoms with van der Waals surface area (Å²) in [5, 5.41) is 9.30. The van der Waals surface area contributed by atoms with Crippen LogP contribution < -0.4 is 4.74 Å². The predicted octanol–water partition coefficient (Wildman–Crippen LogP) is 1.28. The van der Waals surface area contributed by atoms with Gasteiger partial charge in [-0.25, -0.2) is 4.79 Å². The molecular formula is C16H22N2O7. The van der Waals surface area contributed by atoms with Crippen molar-refractivity contribution < 1.29 is 28.9 Å². The molecule has 138 valence electrons. The highest BCUT2D eigenvalue weighted by atomic mass is 16.9. The average molecular weight is 354 g/mol. The third kappa shape index (κ3) is 6.20. The second kappa shape index (κ2) is 9.80. The van der Waals surface area contributed by atoms with Crippen molar-refractivity contribution in [2.45, 2.75) is 13.0 Å². The van der Waals surface area contributed by atoms with Gasteiger partial charge in [-0.3, -0.25) is 4.90 Å². The highest BCUT2D eigenvalue weighted by Crippen LogP contribution is 2.23. The Labute approximate surface area is 145 Å². The number of rotatable bonds is 9. The lowest BCUT2D eigenvalue weighted by Gasteiger charge is -2.27. The van der Waals surface area contributed by atoms with Crippen LogP contribution in [0.4, 0.5) is 0 Å². The van der Waals surface area contributed by atoms with Gasteiger partial charge in [0.2, 0.25) is 0 Å². The van der Waals surface area contributed by atoms with Crippen LogP contribution in [0.1, 0.15) is 22.3 Å². The van der Waals surface area contributed by atoms with Crippen molar-refractivity contribution in [1.82, 2.24) is 4.90 Å². The summed E-state index contributed by atoms with van der Waals surface area (Å²) in [5.41, 5.74) is 1.31. The molecule has 0 bridgehead atoms. The number of hydrogen-bond donors (Lipinski definition) is 0. The van der Waals surface area contributed by atoms with E-state index in [9.17, 15) is 14.9 Å². The molecule has 1 aromatic carbocycles. The molecule has 0 spiro atoms. The van der Waals surface area contributed by atoms with Gasteiger partial charge in [0, 0.05) is 31.6 Å². The molecule has 25 heavy (non-hydrogen) atoms. The van der Waals surface area contributed by atoms with Crippen molar-refractivity contribution in [2.75, 3.05) is 46.6 Å². The van der Waals surface area contributed by atoms with Gasteiger partial charge in [-0.2, -0.15) is 0 Å². The second-order valence-corrected chi connectivity index (χ2v) is 5.46. The Bertz CT molecular complexity index is 588. The van der Waals surface area contributed by atoms with Crippen LogP contribution in [0.5, 0.6) is 5.75 Å². The van der Waals surface area contributed by atoms with E-state index in [0.29, 0.717) is 37.5 Å². The molecule has 0 aliphatic carbocycles. The molecule has 1 aliphatic heterocycles. The Morgan fingerprint density at radius 2 is 2.08 bits per heavy atom. The number of methoxy groups -OCH3 is 1. The highest BCUT2D eigenvalue weighted by Gasteiger charge is 2.16. The first-order valence-corrected chi connectivity index (χ1v) is 8.01. The van der Waals surface area contributed by atoms with Crippen molar-refractivity contribution in [3.8, 4) is 5.75 Å². The number of nitrogens with zero attached hydrogens (tertiary/aromatic N) is 2. The topological polar surface area (TPSA) is 100 Å². The van der Waals surface area contributed by atoms with Crippen LogP contribution in [0.3, 0.4) is 0 Å². The predicted molar refractivity (Wildman–Crippen MR) is 86.9 cm³/mol. The smallest absolute Gasteiger partial charge is 0.337 e. The van der Waals surface area contributed by atoms with Crippen molar-refractivity contribution in [2.24, 2.45) is 0 Å². The Morgan fingerprint density at radius 1 is 1.32 bits per heavy atom. The number of esters is 1. The Kier molecular flexibility index (Phi) is 7.42. The van der Waals surface area contributed by atoms with Crippen LogP contribution in [0, 0.1) is 10.1 Å². The lowest BCUT2D eigenvalue weighted by Crippen LogP contribution is -2.35. The van der Waals surface area contributed by atoms with Gasteiger partial charge in [0.1, 0.15) is 5.75 Å². The SMILES string of the molecule is COC(=O)c1ccc(OCCCO[N+](=O)[O-])c(CN2CCOCC2)c1. The average Bonchev–Trinajstić information content (AvgIpc) is 2.62. The van der Waals surface area contributed by atoms with Gasteiger partial charge in [-0.05, 0) is 18.2 Å². The van der Waals surface area contributed by atoms with Crippen LogP contribution in [0.25, 0.3) is 0 Å². The molecule has 9 nitrogen and oxygen atoms in total. The highest BCUT2D eigenvalue weighted by molar-refractivity contribution is 5.89. The van der Waals surface area contributed by atoms with Gasteiger partial charge < -0.3 is 19.0 Å². The fourth-order valence-corrected chi connectivity index (χ4v) is 2.47. The van der Waals surface area contributed by atoms with Gasteiger partial charge in [0.05, 0.1) is 39.1 Å². The number of ether oxygens (including phenoxy) is 3. The normalized spacial score (nSPS) is 14.8. The first-order valence-electron chi connectivity index (χ1n) is 8.01. The lowest BCUT2D eigenvalue weighted by atomic mass is 10.1. The van der Waals surface area contributed by atoms with E-state index in [2.05, 4.69) is 9.74 Å². The molecular weight excluding hydrogens is 332 g/mol. The Morgan fingerprint density at radius 3 is 2.76 bits per heavy atom. The summed E-state index contributed by atoms with van der Waals surface area (Å²) in [7, 11) is 1.34. The Hall–Kier alpha value is -2.39. The van der Waals surface area contributed by atoms with E-state index < -0.39 is 11.1 Å². The third-order valence-electron chi connectivity index (χ3n) is 3.72. The first kappa shape index (κ1) is 18.9. The minimum Gasteiger partial charge on any atom is -0.493 e. The number of carbonyl (C=O) groups excluding carboxylic acids is 1. The van der Waals surface area contributed by atoms with E-state index in [1.807, 2.05) is 0 Å². The molecule has 0 unspecified atom stereocenters. The minimum absolute atomic E-state index is 0.0218. The van der Waals surface area contributed by atoms with Crippen molar-refractivity contribution in [3.63, 3.8) is 0 Å². The van der Waals surface area contributed by atoms with Gasteiger partial charge in [-0.15, -0.1) is 10.1 Å². The molecule has 1 aliphatic rings. The maximum Gasteiger partial charge on any atom is 0.337 e. The molecule has 0 saturated carbocycles. The van der Waals surface area contributed by atoms with Crippen molar-refractivity contribution >= 4 is 5.97 Å². The van der Waals surface area contributed by atoms with Crippen molar-refractivity contribution in [3.05, 3.63) is 39.4 Å². The fraction of sp³-hybridized carbons (Fsp3) is 0.562. The first-order chi connectivity index (χ1) is 12.1. The Balaban J connectivity index is 2.02. The summed E-state index contributed by atoms with van der Waals surface area (Å²) in [6.07, 6.45) is 0.386. The van der Waals surface area contributed by atoms with Gasteiger partial charge >= 0.3 is 5.97 Å². The summed E-state index contributed by atoms with van der Waals surface area (Å²) in [6.45, 7) is 3.83. The van der Waals surface area contributed by atoms with Crippen LogP contribution in [-0.2, 0) is 20.9 Å². The molecule has 1 fully saturated rings. The molecule has 2 rings (SSSR count). The number of carbonyl (C=O) groups is 1. The van der Waals surface area contributed by atoms with E-state index in [1.165, 1.54) is 7.11 Å². The molecule has 0 radical (unpaired) electrons. The summed E-state index contributed by atoms with van der Waals surface area (Å²) in [6, 6.07) is 5.11. The van der Waals surface area contributed by atoms with E-state index in [4.69, 9.17) is 14.2 Å². The van der Waals surface area contributed by atoms with E-state index >= 15 is 0 Å². The largest absolute Gasteiger partial charge is 0.493 e. The quantitative estimate of drug-likeness (QED) is 0.283. The van der Waals surface area contributed by atoms with Gasteiger partial charge in [0.25, 0.3) is 5.09 Å². The zero-order valence-corrected chi connectivity index (χ0v) is 14.1. The second-order valence-electron chi connectivity index (χ2n) is 5.46. The maximum atomic E-state index is 11.8. The summed E-state index contributed by atoms with van der Waals surface area (Å²) in [4.78, 5) is 28.3. The van der Waals surface area contributed by atoms with Crippen LogP contribution >= 0.6 is 0 Å². The molecule has 0 atom stereocenters. The van der Waals surface area contributed by atoms with Crippen molar-refractivity contribution in [1.29, 1.82) is 0 Å². The third-order valence-corrected chi connectivity index (χ3v) is 3.72. The molecule has 0 aromatic heterocycles. The van der Waals surface area contributed by atoms with Crippen LogP contribution in [0.2, 0.25) is 0 Å². The standard InChI is InChI=1S/C16H22N2O7/c1-22-16(19)13-3-4-15(24-7-2-8-25-18(20)21)14(11-13)12-17-5-9-23-10-6-17/h3-4,11H,2,5-10,12H2,1H3. The lowest BCUT2D eigenvalue weighted by molar-refractivity contribution is -0.757. The van der Waals surface area contributed by atoms with E-state index in [1.54, 1.807) is 18.2 Å². The maximum absolute atomic E-state index is 11.8. The zero-order chi connectivity index (χ0) is 18.1. The molecule has 1 saturated heterocycles. The molecule has 1 aromatic rings. The van der Waals surface area contributed by atoms with Gasteiger partial charge in [0.15, 0.2) is 0 Å². The zero-order valence-electron chi connectivity index (χ0n) is 14.1. The van der Waals surface area contributed by atoms with Crippen LogP contribution in [-0.4, -0.2) is 62.6 Å². The molecule has 1 heterocycles. The summed E-state index contributed by atoms with van der Waals surface area (Å²) in [5.74, 6) is 0.231. The number of hydrogen-bond acceptors (Lipinski definition) is 8. The van der Waals surface area contributed by atoms with E-state index in [0.717, 1.165) is 18.7 Å². The number of benzene rings is 1. The summed E-state index contributed by atoms with van der Waals surface area (Å²) < 4.78 is 15.8. The monoisotopic (exact) mass is 354 g/mol. The fourth-order valence-electron chi connectivity index (χ4n) is 2.47. The minimum atomic E-state index is -0.824. The van der Waals surface area contributed by atoms with E-state index in [-0.39, 0.29) is 13.2 Å². The molecule has 9 heteroatoms. The molecule has 0 N–H and O–H groups in total. The summed E-state index contributed by atoms with van der Waals surface area (Å²) >= 11 is 0. The van der Waals surface area contributed by atoms with Crippen LogP contribution in [0.15, 0.2) is 18.2 Å². The van der Waals surface area contributed by atoms with Gasteiger partial charge in [-0.1, -0.05) is 0 Å². The number of morpholine rings is 1.